The minimum Gasteiger partial charge on any atom is -0.492 e. The summed E-state index contributed by atoms with van der Waals surface area (Å²) >= 11 is 0. The zero-order valence-corrected chi connectivity index (χ0v) is 10.1. The molecule has 0 atom stereocenters. The zero-order valence-electron chi connectivity index (χ0n) is 10.1. The Labute approximate surface area is 100 Å². The third-order valence-electron chi connectivity index (χ3n) is 2.80. The lowest BCUT2D eigenvalue weighted by molar-refractivity contribution is 0.0691. The summed E-state index contributed by atoms with van der Waals surface area (Å²) in [5.74, 6) is -1.14. The Morgan fingerprint density at radius 1 is 1.41 bits per heavy atom. The molecule has 0 unspecified atom stereocenters. The van der Waals surface area contributed by atoms with Gasteiger partial charge in [0.05, 0.1) is 6.61 Å². The molecule has 0 amide bonds. The second-order valence-corrected chi connectivity index (χ2v) is 3.94. The molecule has 0 bridgehead atoms. The molecule has 0 aliphatic rings. The number of carboxylic acid groups (broad SMARTS) is 1. The van der Waals surface area contributed by atoms with Crippen molar-refractivity contribution in [3.63, 3.8) is 0 Å². The van der Waals surface area contributed by atoms with Crippen molar-refractivity contribution in [2.45, 2.75) is 26.7 Å². The van der Waals surface area contributed by atoms with E-state index < -0.39 is 11.8 Å². The normalized spacial score (nSPS) is 10.6. The molecule has 17 heavy (non-hydrogen) atoms. The molecule has 0 saturated carbocycles. The standard InChI is InChI=1S/C13H17FO3/c1-3-9(4-2)8-17-12-7-10(14)5-6-11(12)13(15)16/h5-7,9H,3-4,8H2,1-2H3,(H,15,16). The maximum atomic E-state index is 13.0. The van der Waals surface area contributed by atoms with Crippen molar-refractivity contribution in [3.05, 3.63) is 29.6 Å². The van der Waals surface area contributed by atoms with E-state index in [1.54, 1.807) is 0 Å². The quantitative estimate of drug-likeness (QED) is 0.829. The van der Waals surface area contributed by atoms with Gasteiger partial charge in [-0.15, -0.1) is 0 Å². The van der Waals surface area contributed by atoms with Crippen LogP contribution in [0.25, 0.3) is 0 Å². The van der Waals surface area contributed by atoms with E-state index >= 15 is 0 Å². The number of aromatic carboxylic acids is 1. The maximum Gasteiger partial charge on any atom is 0.339 e. The van der Waals surface area contributed by atoms with Crippen LogP contribution in [0.5, 0.6) is 5.75 Å². The minimum absolute atomic E-state index is 0.00245. The first-order chi connectivity index (χ1) is 8.08. The summed E-state index contributed by atoms with van der Waals surface area (Å²) in [5.41, 5.74) is -0.00245. The fourth-order valence-electron chi connectivity index (χ4n) is 1.52. The number of rotatable bonds is 6. The Hall–Kier alpha value is -1.58. The number of hydrogen-bond donors (Lipinski definition) is 1. The zero-order chi connectivity index (χ0) is 12.8. The maximum absolute atomic E-state index is 13.0. The highest BCUT2D eigenvalue weighted by Crippen LogP contribution is 2.21. The molecule has 0 radical (unpaired) electrons. The number of ether oxygens (including phenoxy) is 1. The van der Waals surface area contributed by atoms with Crippen LogP contribution in [0.1, 0.15) is 37.0 Å². The monoisotopic (exact) mass is 240 g/mol. The van der Waals surface area contributed by atoms with Crippen LogP contribution in [-0.4, -0.2) is 17.7 Å². The number of benzene rings is 1. The van der Waals surface area contributed by atoms with Crippen molar-refractivity contribution < 1.29 is 19.0 Å². The van der Waals surface area contributed by atoms with Crippen LogP contribution in [0, 0.1) is 11.7 Å². The van der Waals surface area contributed by atoms with Crippen LogP contribution >= 0.6 is 0 Å². The van der Waals surface area contributed by atoms with E-state index in [0.717, 1.165) is 25.0 Å². The van der Waals surface area contributed by atoms with Gasteiger partial charge in [-0.05, 0) is 18.1 Å². The topological polar surface area (TPSA) is 46.5 Å². The molecule has 0 aromatic heterocycles. The van der Waals surface area contributed by atoms with Crippen molar-refractivity contribution in [2.24, 2.45) is 5.92 Å². The van der Waals surface area contributed by atoms with E-state index in [1.807, 2.05) is 13.8 Å². The molecule has 4 heteroatoms. The van der Waals surface area contributed by atoms with Gasteiger partial charge in [-0.1, -0.05) is 26.7 Å². The highest BCUT2D eigenvalue weighted by molar-refractivity contribution is 5.90. The van der Waals surface area contributed by atoms with Gasteiger partial charge in [-0.3, -0.25) is 0 Å². The van der Waals surface area contributed by atoms with Crippen molar-refractivity contribution >= 4 is 5.97 Å². The first-order valence-electron chi connectivity index (χ1n) is 5.74. The molecule has 0 fully saturated rings. The summed E-state index contributed by atoms with van der Waals surface area (Å²) in [6, 6.07) is 3.46. The molecule has 0 spiro atoms. The molecule has 1 N–H and O–H groups in total. The SMILES string of the molecule is CCC(CC)COc1cc(F)ccc1C(=O)O. The van der Waals surface area contributed by atoms with Crippen LogP contribution < -0.4 is 4.74 Å². The fourth-order valence-corrected chi connectivity index (χ4v) is 1.52. The van der Waals surface area contributed by atoms with Crippen LogP contribution in [0.2, 0.25) is 0 Å². The molecule has 94 valence electrons. The molecule has 1 aromatic carbocycles. The average molecular weight is 240 g/mol. The largest absolute Gasteiger partial charge is 0.492 e. The molecular formula is C13H17FO3. The summed E-state index contributed by atoms with van der Waals surface area (Å²) in [7, 11) is 0. The van der Waals surface area contributed by atoms with Gasteiger partial charge in [-0.2, -0.15) is 0 Å². The third-order valence-corrected chi connectivity index (χ3v) is 2.80. The summed E-state index contributed by atoms with van der Waals surface area (Å²) in [6.07, 6.45) is 1.91. The highest BCUT2D eigenvalue weighted by atomic mass is 19.1. The van der Waals surface area contributed by atoms with Crippen molar-refractivity contribution in [1.29, 1.82) is 0 Å². The lowest BCUT2D eigenvalue weighted by Gasteiger charge is -2.15. The van der Waals surface area contributed by atoms with Crippen molar-refractivity contribution in [2.75, 3.05) is 6.61 Å². The minimum atomic E-state index is -1.11. The first-order valence-corrected chi connectivity index (χ1v) is 5.74. The summed E-state index contributed by atoms with van der Waals surface area (Å²) in [5, 5.41) is 8.93. The van der Waals surface area contributed by atoms with Gasteiger partial charge >= 0.3 is 5.97 Å². The summed E-state index contributed by atoms with van der Waals surface area (Å²) in [6.45, 7) is 4.50. The van der Waals surface area contributed by atoms with Gasteiger partial charge in [0.25, 0.3) is 0 Å². The second kappa shape index (κ2) is 6.23. The molecule has 1 rings (SSSR count). The molecule has 0 saturated heterocycles. The van der Waals surface area contributed by atoms with Gasteiger partial charge in [0.15, 0.2) is 0 Å². The molecule has 1 aromatic rings. The predicted molar refractivity (Wildman–Crippen MR) is 62.9 cm³/mol. The Kier molecular flexibility index (Phi) is 4.94. The average Bonchev–Trinajstić information content (AvgIpc) is 2.30. The van der Waals surface area contributed by atoms with E-state index in [0.29, 0.717) is 12.5 Å². The third kappa shape index (κ3) is 3.73. The molecule has 0 heterocycles. The van der Waals surface area contributed by atoms with E-state index in [9.17, 15) is 9.18 Å². The van der Waals surface area contributed by atoms with E-state index in [4.69, 9.17) is 9.84 Å². The Balaban J connectivity index is 2.81. The van der Waals surface area contributed by atoms with Crippen LogP contribution in [0.3, 0.4) is 0 Å². The molecule has 0 aliphatic carbocycles. The second-order valence-electron chi connectivity index (χ2n) is 3.94. The fraction of sp³-hybridized carbons (Fsp3) is 0.462. The van der Waals surface area contributed by atoms with E-state index in [-0.39, 0.29) is 11.3 Å². The molecule has 3 nitrogen and oxygen atoms in total. The predicted octanol–water partition coefficient (Wildman–Crippen LogP) is 3.34. The highest BCUT2D eigenvalue weighted by Gasteiger charge is 2.13. The van der Waals surface area contributed by atoms with Crippen molar-refractivity contribution in [1.82, 2.24) is 0 Å². The Morgan fingerprint density at radius 2 is 2.06 bits per heavy atom. The summed E-state index contributed by atoms with van der Waals surface area (Å²) < 4.78 is 18.4. The Morgan fingerprint density at radius 3 is 2.59 bits per heavy atom. The van der Waals surface area contributed by atoms with Crippen LogP contribution in [0.15, 0.2) is 18.2 Å². The van der Waals surface area contributed by atoms with E-state index in [2.05, 4.69) is 0 Å². The van der Waals surface area contributed by atoms with E-state index in [1.165, 1.54) is 6.07 Å². The van der Waals surface area contributed by atoms with Gasteiger partial charge in [0, 0.05) is 6.07 Å². The smallest absolute Gasteiger partial charge is 0.339 e. The van der Waals surface area contributed by atoms with Gasteiger partial charge in [0.1, 0.15) is 17.1 Å². The molecule has 0 aliphatic heterocycles. The van der Waals surface area contributed by atoms with Crippen LogP contribution in [0.4, 0.5) is 4.39 Å². The number of carboxylic acids is 1. The van der Waals surface area contributed by atoms with Crippen LogP contribution in [-0.2, 0) is 0 Å². The van der Waals surface area contributed by atoms with Gasteiger partial charge in [0.2, 0.25) is 0 Å². The summed E-state index contributed by atoms with van der Waals surface area (Å²) in [4.78, 5) is 10.9. The molecular weight excluding hydrogens is 223 g/mol. The number of hydrogen-bond acceptors (Lipinski definition) is 2. The Bertz CT molecular complexity index is 386. The van der Waals surface area contributed by atoms with Crippen molar-refractivity contribution in [3.8, 4) is 5.75 Å². The lowest BCUT2D eigenvalue weighted by Crippen LogP contribution is -2.12. The first kappa shape index (κ1) is 13.5. The lowest BCUT2D eigenvalue weighted by atomic mass is 10.1. The number of halogens is 1. The van der Waals surface area contributed by atoms with Gasteiger partial charge < -0.3 is 9.84 Å². The van der Waals surface area contributed by atoms with Gasteiger partial charge in [-0.25, -0.2) is 9.18 Å². The number of carbonyl (C=O) groups is 1.